The zero-order chi connectivity index (χ0) is 18.2. The van der Waals surface area contributed by atoms with E-state index in [9.17, 15) is 4.79 Å². The van der Waals surface area contributed by atoms with E-state index in [1.807, 2.05) is 36.4 Å². The minimum absolute atomic E-state index is 0.0393. The van der Waals surface area contributed by atoms with Crippen LogP contribution in [-0.2, 0) is 4.79 Å². The number of ether oxygens (including phenoxy) is 1. The number of amides is 1. The number of carbonyl (C=O) groups is 1. The molecular weight excluding hydrogens is 312 g/mol. The quantitative estimate of drug-likeness (QED) is 0.752. The summed E-state index contributed by atoms with van der Waals surface area (Å²) in [6.45, 7) is 7.55. The van der Waals surface area contributed by atoms with E-state index in [0.717, 1.165) is 24.9 Å². The maximum absolute atomic E-state index is 12.7. The lowest BCUT2D eigenvalue weighted by atomic mass is 9.95. The molecule has 2 rings (SSSR count). The average molecular weight is 340 g/mol. The largest absolute Gasteiger partial charge is 0.479 e. The summed E-state index contributed by atoms with van der Waals surface area (Å²) in [6.07, 6.45) is 6.89. The highest BCUT2D eigenvalue weighted by molar-refractivity contribution is 5.92. The zero-order valence-electron chi connectivity index (χ0n) is 15.4. The maximum Gasteiger partial charge on any atom is 0.246 e. The fourth-order valence-corrected chi connectivity index (χ4v) is 3.30. The summed E-state index contributed by atoms with van der Waals surface area (Å²) in [5, 5.41) is 8.52. The normalized spacial score (nSPS) is 21.2. The van der Waals surface area contributed by atoms with Gasteiger partial charge in [0.1, 0.15) is 11.8 Å². The van der Waals surface area contributed by atoms with Crippen LogP contribution < -0.4 is 4.74 Å². The van der Waals surface area contributed by atoms with Gasteiger partial charge in [-0.25, -0.2) is 0 Å². The third-order valence-electron chi connectivity index (χ3n) is 4.87. The van der Waals surface area contributed by atoms with Crippen molar-refractivity contribution in [3.05, 3.63) is 35.9 Å². The lowest BCUT2D eigenvalue weighted by Gasteiger charge is -2.32. The van der Waals surface area contributed by atoms with Crippen LogP contribution in [0.5, 0.6) is 5.75 Å². The van der Waals surface area contributed by atoms with Gasteiger partial charge < -0.3 is 9.64 Å². The van der Waals surface area contributed by atoms with Crippen LogP contribution in [0.25, 0.3) is 6.08 Å². The molecular formula is C21H28N2O2. The van der Waals surface area contributed by atoms with Gasteiger partial charge in [0.2, 0.25) is 5.91 Å². The van der Waals surface area contributed by atoms with Gasteiger partial charge in [0.05, 0.1) is 0 Å². The Kier molecular flexibility index (Phi) is 7.06. The van der Waals surface area contributed by atoms with Gasteiger partial charge >= 0.3 is 0 Å². The number of hydrogen-bond donors (Lipinski definition) is 0. The van der Waals surface area contributed by atoms with E-state index in [4.69, 9.17) is 10.00 Å². The number of nitrogens with zero attached hydrogens (tertiary/aromatic N) is 2. The van der Waals surface area contributed by atoms with Crippen LogP contribution in [0, 0.1) is 23.2 Å². The van der Waals surface area contributed by atoms with E-state index >= 15 is 0 Å². The molecule has 2 atom stereocenters. The Hall–Kier alpha value is -2.28. The van der Waals surface area contributed by atoms with Gasteiger partial charge in [0.15, 0.2) is 6.61 Å². The van der Waals surface area contributed by atoms with Gasteiger partial charge in [-0.15, -0.1) is 0 Å². The molecule has 0 aromatic heterocycles. The van der Waals surface area contributed by atoms with Crippen molar-refractivity contribution in [2.24, 2.45) is 11.8 Å². The first-order valence-corrected chi connectivity index (χ1v) is 9.09. The summed E-state index contributed by atoms with van der Waals surface area (Å²) in [4.78, 5) is 14.8. The Morgan fingerprint density at radius 3 is 2.68 bits per heavy atom. The lowest BCUT2D eigenvalue weighted by Crippen LogP contribution is -2.42. The molecule has 134 valence electrons. The molecule has 4 nitrogen and oxygen atoms in total. The zero-order valence-corrected chi connectivity index (χ0v) is 15.4. The number of carbonyl (C=O) groups excluding carboxylic acids is 1. The van der Waals surface area contributed by atoms with E-state index in [-0.39, 0.29) is 12.5 Å². The number of likely N-dealkylation sites (tertiary alicyclic amines) is 1. The third-order valence-corrected chi connectivity index (χ3v) is 4.87. The second kappa shape index (κ2) is 9.27. The molecule has 1 aromatic carbocycles. The summed E-state index contributed by atoms with van der Waals surface area (Å²) < 4.78 is 5.23. The summed E-state index contributed by atoms with van der Waals surface area (Å²) in [5.41, 5.74) is 0.946. The number of hydrogen-bond acceptors (Lipinski definition) is 3. The van der Waals surface area contributed by atoms with E-state index in [1.54, 1.807) is 6.08 Å². The van der Waals surface area contributed by atoms with Crippen molar-refractivity contribution in [1.29, 1.82) is 5.26 Å². The molecule has 1 aromatic rings. The molecule has 1 aliphatic heterocycles. The van der Waals surface area contributed by atoms with Crippen LogP contribution in [-0.4, -0.2) is 30.0 Å². The first-order valence-electron chi connectivity index (χ1n) is 9.09. The summed E-state index contributed by atoms with van der Waals surface area (Å²) in [6, 6.07) is 9.67. The molecule has 1 saturated heterocycles. The van der Waals surface area contributed by atoms with E-state index in [0.29, 0.717) is 23.6 Å². The fourth-order valence-electron chi connectivity index (χ4n) is 3.30. The highest BCUT2D eigenvalue weighted by atomic mass is 16.5. The van der Waals surface area contributed by atoms with Gasteiger partial charge in [0, 0.05) is 18.7 Å². The summed E-state index contributed by atoms with van der Waals surface area (Å²) in [7, 11) is 0. The Balaban J connectivity index is 2.03. The van der Waals surface area contributed by atoms with Crippen LogP contribution in [0.15, 0.2) is 30.3 Å². The number of nitriles is 1. The minimum atomic E-state index is 0.0393. The van der Waals surface area contributed by atoms with Gasteiger partial charge in [-0.1, -0.05) is 32.9 Å². The Labute approximate surface area is 151 Å². The molecule has 0 radical (unpaired) electrons. The molecule has 0 bridgehead atoms. The number of rotatable bonds is 5. The molecule has 1 fully saturated rings. The fraction of sp³-hybridized carbons (Fsp3) is 0.524. The van der Waals surface area contributed by atoms with Gasteiger partial charge in [0.25, 0.3) is 0 Å². The van der Waals surface area contributed by atoms with E-state index < -0.39 is 0 Å². The second-order valence-electron chi connectivity index (χ2n) is 7.16. The molecule has 1 amide bonds. The molecule has 1 aliphatic rings. The van der Waals surface area contributed by atoms with Gasteiger partial charge in [-0.3, -0.25) is 4.79 Å². The molecule has 25 heavy (non-hydrogen) atoms. The Morgan fingerprint density at radius 1 is 1.32 bits per heavy atom. The van der Waals surface area contributed by atoms with Crippen LogP contribution in [0.1, 0.15) is 45.6 Å². The Bertz CT molecular complexity index is 628. The molecule has 0 spiro atoms. The highest BCUT2D eigenvalue weighted by Crippen LogP contribution is 2.26. The summed E-state index contributed by atoms with van der Waals surface area (Å²) >= 11 is 0. The van der Waals surface area contributed by atoms with Gasteiger partial charge in [-0.2, -0.15) is 5.26 Å². The highest BCUT2D eigenvalue weighted by Gasteiger charge is 2.28. The molecule has 0 saturated carbocycles. The SMILES string of the molecule is CC1CCC(C(C)C)N(C(=O)/C=C/c2ccc(OCC#N)cc2)CC1. The van der Waals surface area contributed by atoms with Crippen molar-refractivity contribution in [3.8, 4) is 11.8 Å². The van der Waals surface area contributed by atoms with Crippen molar-refractivity contribution in [2.75, 3.05) is 13.2 Å². The predicted molar refractivity (Wildman–Crippen MR) is 99.9 cm³/mol. The molecule has 0 N–H and O–H groups in total. The molecule has 4 heteroatoms. The first-order chi connectivity index (χ1) is 12.0. The van der Waals surface area contributed by atoms with Crippen LogP contribution in [0.2, 0.25) is 0 Å². The maximum atomic E-state index is 12.7. The standard InChI is InChI=1S/C21H28N2O2/c1-16(2)20-10-4-17(3)12-14-23(20)21(24)11-7-18-5-8-19(9-6-18)25-15-13-22/h5-9,11,16-17,20H,4,10,12,14-15H2,1-3H3/b11-7+. The van der Waals surface area contributed by atoms with Crippen molar-refractivity contribution in [3.63, 3.8) is 0 Å². The minimum Gasteiger partial charge on any atom is -0.479 e. The number of benzene rings is 1. The van der Waals surface area contributed by atoms with Crippen LogP contribution >= 0.6 is 0 Å². The van der Waals surface area contributed by atoms with Crippen molar-refractivity contribution in [1.82, 2.24) is 4.90 Å². The van der Waals surface area contributed by atoms with Crippen molar-refractivity contribution >= 4 is 12.0 Å². The van der Waals surface area contributed by atoms with Gasteiger partial charge in [-0.05, 0) is 54.9 Å². The molecule has 1 heterocycles. The molecule has 0 aliphatic carbocycles. The van der Waals surface area contributed by atoms with E-state index in [1.165, 1.54) is 6.42 Å². The second-order valence-corrected chi connectivity index (χ2v) is 7.16. The average Bonchev–Trinajstić information content (AvgIpc) is 2.80. The predicted octanol–water partition coefficient (Wildman–Crippen LogP) is 4.28. The lowest BCUT2D eigenvalue weighted by molar-refractivity contribution is -0.129. The Morgan fingerprint density at radius 2 is 2.04 bits per heavy atom. The molecule has 2 unspecified atom stereocenters. The van der Waals surface area contributed by atoms with Crippen molar-refractivity contribution in [2.45, 2.75) is 46.1 Å². The first kappa shape index (κ1) is 19.1. The van der Waals surface area contributed by atoms with E-state index in [2.05, 4.69) is 25.7 Å². The monoisotopic (exact) mass is 340 g/mol. The van der Waals surface area contributed by atoms with Crippen LogP contribution in [0.4, 0.5) is 0 Å². The third kappa shape index (κ3) is 5.63. The smallest absolute Gasteiger partial charge is 0.246 e. The summed E-state index contributed by atoms with van der Waals surface area (Å²) in [5.74, 6) is 1.91. The van der Waals surface area contributed by atoms with Crippen LogP contribution in [0.3, 0.4) is 0 Å². The van der Waals surface area contributed by atoms with Crippen molar-refractivity contribution < 1.29 is 9.53 Å². The topological polar surface area (TPSA) is 53.3 Å².